The Hall–Kier alpha value is -0.650. The number of likely N-dealkylation sites (N-methyl/N-ethyl adjacent to an activating group) is 1. The highest BCUT2D eigenvalue weighted by atomic mass is 16.5. The highest BCUT2D eigenvalue weighted by molar-refractivity contribution is 5.81. The van der Waals surface area contributed by atoms with Crippen LogP contribution in [-0.2, 0) is 9.53 Å². The van der Waals surface area contributed by atoms with Gasteiger partial charge < -0.3 is 14.5 Å². The van der Waals surface area contributed by atoms with E-state index in [1.54, 1.807) is 0 Å². The fourth-order valence-corrected chi connectivity index (χ4v) is 2.97. The van der Waals surface area contributed by atoms with Gasteiger partial charge in [0, 0.05) is 32.7 Å². The topological polar surface area (TPSA) is 36.0 Å². The van der Waals surface area contributed by atoms with Crippen LogP contribution >= 0.6 is 0 Å². The molecule has 2 atom stereocenters. The minimum atomic E-state index is -0.00772. The minimum absolute atomic E-state index is 0.00772. The Labute approximate surface area is 116 Å². The second kappa shape index (κ2) is 6.68. The Morgan fingerprint density at radius 1 is 1.32 bits per heavy atom. The van der Waals surface area contributed by atoms with Crippen LogP contribution in [-0.4, -0.2) is 86.2 Å². The molecule has 1 amide bonds. The van der Waals surface area contributed by atoms with Gasteiger partial charge in [0.05, 0.1) is 18.8 Å². The lowest BCUT2D eigenvalue weighted by molar-refractivity contribution is -0.138. The summed E-state index contributed by atoms with van der Waals surface area (Å²) in [6.45, 7) is 7.29. The first-order chi connectivity index (χ1) is 9.08. The predicted molar refractivity (Wildman–Crippen MR) is 75.1 cm³/mol. The van der Waals surface area contributed by atoms with Crippen LogP contribution in [0.5, 0.6) is 0 Å². The van der Waals surface area contributed by atoms with Crippen LogP contribution < -0.4 is 0 Å². The van der Waals surface area contributed by atoms with Crippen LogP contribution in [0.3, 0.4) is 0 Å². The molecule has 2 rings (SSSR count). The molecule has 2 aliphatic heterocycles. The van der Waals surface area contributed by atoms with Gasteiger partial charge in [-0.25, -0.2) is 0 Å². The standard InChI is InChI=1S/C14H27N3O2/c1-12(14(18)16-6-4-5-7-16)17-8-9-19-13(11-17)10-15(2)3/h12-13H,4-11H2,1-3H3/t12-,13+/m0/s1. The van der Waals surface area contributed by atoms with Crippen LogP contribution in [0.4, 0.5) is 0 Å². The molecule has 19 heavy (non-hydrogen) atoms. The minimum Gasteiger partial charge on any atom is -0.374 e. The number of nitrogens with zero attached hydrogens (tertiary/aromatic N) is 3. The second-order valence-electron chi connectivity index (χ2n) is 5.96. The van der Waals surface area contributed by atoms with Crippen molar-refractivity contribution in [1.29, 1.82) is 0 Å². The molecule has 110 valence electrons. The molecule has 0 spiro atoms. The maximum atomic E-state index is 12.4. The summed E-state index contributed by atoms with van der Waals surface area (Å²) in [5.74, 6) is 0.294. The first kappa shape index (κ1) is 14.8. The molecule has 0 saturated carbocycles. The summed E-state index contributed by atoms with van der Waals surface area (Å²) >= 11 is 0. The smallest absolute Gasteiger partial charge is 0.239 e. The summed E-state index contributed by atoms with van der Waals surface area (Å²) in [5, 5.41) is 0. The molecule has 0 N–H and O–H groups in total. The highest BCUT2D eigenvalue weighted by Gasteiger charge is 2.31. The summed E-state index contributed by atoms with van der Waals surface area (Å²) < 4.78 is 5.77. The molecule has 0 aromatic rings. The quantitative estimate of drug-likeness (QED) is 0.733. The molecule has 0 radical (unpaired) electrons. The van der Waals surface area contributed by atoms with Gasteiger partial charge in [-0.1, -0.05) is 0 Å². The molecule has 2 heterocycles. The van der Waals surface area contributed by atoms with Crippen molar-refractivity contribution in [3.63, 3.8) is 0 Å². The van der Waals surface area contributed by atoms with Crippen molar-refractivity contribution < 1.29 is 9.53 Å². The third kappa shape index (κ3) is 3.91. The first-order valence-electron chi connectivity index (χ1n) is 7.37. The molecule has 2 aliphatic rings. The van der Waals surface area contributed by atoms with E-state index in [0.717, 1.165) is 52.2 Å². The summed E-state index contributed by atoms with van der Waals surface area (Å²) in [7, 11) is 4.11. The number of hydrogen-bond donors (Lipinski definition) is 0. The number of carbonyl (C=O) groups excluding carboxylic acids is 1. The second-order valence-corrected chi connectivity index (χ2v) is 5.96. The highest BCUT2D eigenvalue weighted by Crippen LogP contribution is 2.15. The van der Waals surface area contributed by atoms with Crippen molar-refractivity contribution in [2.75, 3.05) is 53.4 Å². The zero-order valence-electron chi connectivity index (χ0n) is 12.5. The van der Waals surface area contributed by atoms with Gasteiger partial charge in [0.15, 0.2) is 0 Å². The van der Waals surface area contributed by atoms with Crippen molar-refractivity contribution in [2.45, 2.75) is 31.9 Å². The average Bonchev–Trinajstić information content (AvgIpc) is 2.90. The monoisotopic (exact) mass is 269 g/mol. The molecular weight excluding hydrogens is 242 g/mol. The van der Waals surface area contributed by atoms with E-state index in [0.29, 0.717) is 5.91 Å². The van der Waals surface area contributed by atoms with Crippen LogP contribution in [0.1, 0.15) is 19.8 Å². The number of likely N-dealkylation sites (tertiary alicyclic amines) is 1. The van der Waals surface area contributed by atoms with E-state index in [2.05, 4.69) is 23.9 Å². The number of rotatable bonds is 4. The molecule has 0 aromatic carbocycles. The molecule has 5 nitrogen and oxygen atoms in total. The summed E-state index contributed by atoms with van der Waals surface area (Å²) in [6, 6.07) is -0.00772. The van der Waals surface area contributed by atoms with Crippen molar-refractivity contribution >= 4 is 5.91 Å². The number of carbonyl (C=O) groups is 1. The zero-order chi connectivity index (χ0) is 13.8. The molecule has 0 aromatic heterocycles. The van der Waals surface area contributed by atoms with Crippen molar-refractivity contribution in [1.82, 2.24) is 14.7 Å². The summed E-state index contributed by atoms with van der Waals surface area (Å²) in [6.07, 6.45) is 2.54. The molecule has 2 fully saturated rings. The van der Waals surface area contributed by atoms with E-state index in [9.17, 15) is 4.79 Å². The SMILES string of the molecule is C[C@@H](C(=O)N1CCCC1)N1CCO[C@H](CN(C)C)C1. The summed E-state index contributed by atoms with van der Waals surface area (Å²) in [5.41, 5.74) is 0. The molecule has 0 aliphatic carbocycles. The Morgan fingerprint density at radius 3 is 2.63 bits per heavy atom. The van der Waals surface area contributed by atoms with E-state index in [1.807, 2.05) is 11.8 Å². The maximum absolute atomic E-state index is 12.4. The van der Waals surface area contributed by atoms with Crippen LogP contribution in [0.25, 0.3) is 0 Å². The lowest BCUT2D eigenvalue weighted by Gasteiger charge is -2.38. The zero-order valence-corrected chi connectivity index (χ0v) is 12.5. The van der Waals surface area contributed by atoms with E-state index in [4.69, 9.17) is 4.74 Å². The van der Waals surface area contributed by atoms with Crippen molar-refractivity contribution in [3.8, 4) is 0 Å². The fraction of sp³-hybridized carbons (Fsp3) is 0.929. The largest absolute Gasteiger partial charge is 0.374 e. The van der Waals surface area contributed by atoms with Crippen molar-refractivity contribution in [3.05, 3.63) is 0 Å². The third-order valence-corrected chi connectivity index (χ3v) is 4.06. The Balaban J connectivity index is 1.87. The van der Waals surface area contributed by atoms with Gasteiger partial charge in [-0.15, -0.1) is 0 Å². The Morgan fingerprint density at radius 2 is 2.00 bits per heavy atom. The van der Waals surface area contributed by atoms with Gasteiger partial charge >= 0.3 is 0 Å². The number of morpholine rings is 1. The molecule has 0 bridgehead atoms. The normalized spacial score (nSPS) is 26.9. The van der Waals surface area contributed by atoms with Gasteiger partial charge in [-0.3, -0.25) is 9.69 Å². The molecule has 2 saturated heterocycles. The van der Waals surface area contributed by atoms with E-state index < -0.39 is 0 Å². The van der Waals surface area contributed by atoms with Crippen molar-refractivity contribution in [2.24, 2.45) is 0 Å². The third-order valence-electron chi connectivity index (χ3n) is 4.06. The molecule has 5 heteroatoms. The predicted octanol–water partition coefficient (Wildman–Crippen LogP) is 0.260. The number of hydrogen-bond acceptors (Lipinski definition) is 4. The lowest BCUT2D eigenvalue weighted by Crippen LogP contribution is -2.54. The van der Waals surface area contributed by atoms with E-state index in [-0.39, 0.29) is 12.1 Å². The van der Waals surface area contributed by atoms with Gasteiger partial charge in [0.1, 0.15) is 0 Å². The van der Waals surface area contributed by atoms with Gasteiger partial charge in [-0.05, 0) is 33.9 Å². The van der Waals surface area contributed by atoms with Crippen LogP contribution in [0.15, 0.2) is 0 Å². The van der Waals surface area contributed by atoms with E-state index >= 15 is 0 Å². The van der Waals surface area contributed by atoms with Gasteiger partial charge in [0.2, 0.25) is 5.91 Å². The van der Waals surface area contributed by atoms with Gasteiger partial charge in [-0.2, -0.15) is 0 Å². The maximum Gasteiger partial charge on any atom is 0.239 e. The molecule has 0 unspecified atom stereocenters. The van der Waals surface area contributed by atoms with E-state index in [1.165, 1.54) is 0 Å². The summed E-state index contributed by atoms with van der Waals surface area (Å²) in [4.78, 5) is 18.8. The first-order valence-corrected chi connectivity index (χ1v) is 7.37. The number of amides is 1. The molecular formula is C14H27N3O2. The average molecular weight is 269 g/mol. The number of ether oxygens (including phenoxy) is 1. The fourth-order valence-electron chi connectivity index (χ4n) is 2.97. The Bertz CT molecular complexity index is 303. The van der Waals surface area contributed by atoms with Crippen LogP contribution in [0, 0.1) is 0 Å². The van der Waals surface area contributed by atoms with Crippen LogP contribution in [0.2, 0.25) is 0 Å². The lowest BCUT2D eigenvalue weighted by atomic mass is 10.2. The van der Waals surface area contributed by atoms with Gasteiger partial charge in [0.25, 0.3) is 0 Å². The Kier molecular flexibility index (Phi) is 5.19.